The van der Waals surface area contributed by atoms with Crippen molar-refractivity contribution in [2.75, 3.05) is 27.6 Å². The van der Waals surface area contributed by atoms with Gasteiger partial charge in [0.2, 0.25) is 6.79 Å². The first kappa shape index (κ1) is 25.6. The number of carbonyl (C=O) groups excluding carboxylic acids is 2. The van der Waals surface area contributed by atoms with Gasteiger partial charge in [0.15, 0.2) is 18.1 Å². The zero-order valence-corrected chi connectivity index (χ0v) is 22.1. The molecule has 2 aliphatic rings. The second-order valence-electron chi connectivity index (χ2n) is 8.95. The molecule has 1 atom stereocenters. The van der Waals surface area contributed by atoms with Gasteiger partial charge in [-0.3, -0.25) is 0 Å². The lowest BCUT2D eigenvalue weighted by molar-refractivity contribution is -0.185. The second-order valence-corrected chi connectivity index (χ2v) is 9.47. The van der Waals surface area contributed by atoms with Crippen molar-refractivity contribution < 1.29 is 43.1 Å². The van der Waals surface area contributed by atoms with E-state index in [4.69, 9.17) is 28.4 Å². The third kappa shape index (κ3) is 4.46. The molecule has 6 rings (SSSR count). The van der Waals surface area contributed by atoms with Crippen molar-refractivity contribution in [3.63, 3.8) is 0 Å². The fourth-order valence-electron chi connectivity index (χ4n) is 4.68. The van der Waals surface area contributed by atoms with E-state index in [9.17, 15) is 14.7 Å². The zero-order chi connectivity index (χ0) is 27.9. The van der Waals surface area contributed by atoms with Gasteiger partial charge in [-0.05, 0) is 47.5 Å². The minimum Gasteiger partial charge on any atom is -0.497 e. The summed E-state index contributed by atoms with van der Waals surface area (Å²) in [6, 6.07) is 15.2. The fraction of sp³-hybridized carbons (Fsp3) is 0.214. The Hall–Kier alpha value is -4.68. The molecule has 12 heteroatoms. The maximum Gasteiger partial charge on any atom is 0.343 e. The molecule has 0 radical (unpaired) electrons. The summed E-state index contributed by atoms with van der Waals surface area (Å²) in [7, 11) is 2.70. The van der Waals surface area contributed by atoms with Crippen LogP contribution < -0.4 is 18.9 Å². The third-order valence-electron chi connectivity index (χ3n) is 6.64. The molecular weight excluding hydrogens is 540 g/mol. The molecule has 3 heterocycles. The van der Waals surface area contributed by atoms with E-state index < -0.39 is 24.3 Å². The number of methoxy groups -OCH3 is 2. The van der Waals surface area contributed by atoms with Crippen LogP contribution >= 0.6 is 11.7 Å². The summed E-state index contributed by atoms with van der Waals surface area (Å²) in [5.74, 6) is -2.15. The molecule has 4 aromatic rings. The molecule has 1 aromatic heterocycles. The van der Waals surface area contributed by atoms with Crippen LogP contribution in [0.5, 0.6) is 23.0 Å². The van der Waals surface area contributed by atoms with Crippen LogP contribution in [0.25, 0.3) is 16.6 Å². The predicted molar refractivity (Wildman–Crippen MR) is 141 cm³/mol. The number of aliphatic hydroxyl groups is 1. The molecule has 204 valence electrons. The number of cyclic esters (lactones) is 1. The van der Waals surface area contributed by atoms with Crippen LogP contribution in [-0.4, -0.2) is 53.4 Å². The third-order valence-corrected chi connectivity index (χ3v) is 7.20. The van der Waals surface area contributed by atoms with Crippen molar-refractivity contribution in [1.82, 2.24) is 8.75 Å². The quantitative estimate of drug-likeness (QED) is 0.317. The van der Waals surface area contributed by atoms with Crippen LogP contribution in [-0.2, 0) is 31.3 Å². The number of hydrogen-bond donors (Lipinski definition) is 1. The van der Waals surface area contributed by atoms with Gasteiger partial charge in [-0.25, -0.2) is 9.59 Å². The minimum absolute atomic E-state index is 0.0630. The number of rotatable bonds is 8. The minimum atomic E-state index is -2.25. The van der Waals surface area contributed by atoms with Gasteiger partial charge in [0.05, 0.1) is 37.1 Å². The molecule has 0 fully saturated rings. The number of carbonyl (C=O) groups is 2. The molecular formula is C28H22N2O9S. The molecule has 11 nitrogen and oxygen atoms in total. The summed E-state index contributed by atoms with van der Waals surface area (Å²) in [5.41, 5.74) is 3.18. The van der Waals surface area contributed by atoms with Gasteiger partial charge in [-0.2, -0.15) is 8.75 Å². The molecule has 0 saturated carbocycles. The maximum atomic E-state index is 13.5. The number of aromatic nitrogens is 2. The number of esters is 2. The van der Waals surface area contributed by atoms with Crippen LogP contribution in [0.2, 0.25) is 0 Å². The standard InChI is InChI=1S/C28H22N2O9S/c1-34-17-5-6-18(23(12-17)36-13-25(31)35-2)28(33)19(9-15-3-7-20-21(10-15)30-40-29-20)26(27(32)39-28)16-4-8-22-24(11-16)38-14-37-22/h3-8,10-12,33H,9,13-14H2,1-2H3. The number of hydrogen-bond acceptors (Lipinski definition) is 12. The molecule has 0 spiro atoms. The molecule has 0 aliphatic carbocycles. The molecule has 1 N–H and O–H groups in total. The average Bonchev–Trinajstić information content (AvgIpc) is 3.69. The van der Waals surface area contributed by atoms with Crippen LogP contribution in [0.15, 0.2) is 60.2 Å². The van der Waals surface area contributed by atoms with E-state index in [0.717, 1.165) is 22.8 Å². The Balaban J connectivity index is 1.51. The average molecular weight is 563 g/mol. The lowest BCUT2D eigenvalue weighted by atomic mass is 9.87. The molecule has 0 amide bonds. The summed E-state index contributed by atoms with van der Waals surface area (Å²) in [4.78, 5) is 25.4. The molecule has 2 aliphatic heterocycles. The van der Waals surface area contributed by atoms with Crippen LogP contribution in [0.1, 0.15) is 16.7 Å². The van der Waals surface area contributed by atoms with Crippen LogP contribution in [0, 0.1) is 0 Å². The molecule has 1 unspecified atom stereocenters. The highest BCUT2D eigenvalue weighted by Crippen LogP contribution is 2.49. The molecule has 0 bridgehead atoms. The van der Waals surface area contributed by atoms with Gasteiger partial charge >= 0.3 is 11.9 Å². The van der Waals surface area contributed by atoms with Gasteiger partial charge in [0.1, 0.15) is 22.5 Å². The lowest BCUT2D eigenvalue weighted by Gasteiger charge is -2.28. The van der Waals surface area contributed by atoms with Crippen molar-refractivity contribution in [1.29, 1.82) is 0 Å². The summed E-state index contributed by atoms with van der Waals surface area (Å²) in [6.07, 6.45) is 0.113. The second kappa shape index (κ2) is 10.1. The van der Waals surface area contributed by atoms with Crippen LogP contribution in [0.3, 0.4) is 0 Å². The van der Waals surface area contributed by atoms with Gasteiger partial charge in [0, 0.05) is 18.1 Å². The highest BCUT2D eigenvalue weighted by molar-refractivity contribution is 7.00. The Labute approximate surface area is 231 Å². The predicted octanol–water partition coefficient (Wildman–Crippen LogP) is 3.38. The first-order valence-electron chi connectivity index (χ1n) is 12.1. The highest BCUT2D eigenvalue weighted by Gasteiger charge is 2.50. The summed E-state index contributed by atoms with van der Waals surface area (Å²) < 4.78 is 40.9. The van der Waals surface area contributed by atoms with Crippen molar-refractivity contribution in [3.05, 3.63) is 76.9 Å². The van der Waals surface area contributed by atoms with Gasteiger partial charge in [0.25, 0.3) is 5.79 Å². The first-order chi connectivity index (χ1) is 19.4. The van der Waals surface area contributed by atoms with Gasteiger partial charge in [-0.15, -0.1) is 0 Å². The lowest BCUT2D eigenvalue weighted by Crippen LogP contribution is -2.31. The van der Waals surface area contributed by atoms with E-state index in [1.807, 2.05) is 18.2 Å². The van der Waals surface area contributed by atoms with Crippen LogP contribution in [0.4, 0.5) is 0 Å². The Morgan fingerprint density at radius 2 is 1.85 bits per heavy atom. The Kier molecular flexibility index (Phi) is 6.48. The first-order valence-corrected chi connectivity index (χ1v) is 12.8. The number of benzene rings is 3. The van der Waals surface area contributed by atoms with Crippen molar-refractivity contribution in [2.24, 2.45) is 0 Å². The normalized spacial score (nSPS) is 17.7. The number of nitrogens with zero attached hydrogens (tertiary/aromatic N) is 2. The summed E-state index contributed by atoms with van der Waals surface area (Å²) >= 11 is 1.09. The Morgan fingerprint density at radius 3 is 2.67 bits per heavy atom. The van der Waals surface area contributed by atoms with Crippen molar-refractivity contribution >= 4 is 40.3 Å². The largest absolute Gasteiger partial charge is 0.497 e. The zero-order valence-electron chi connectivity index (χ0n) is 21.3. The monoisotopic (exact) mass is 562 g/mol. The topological polar surface area (TPSA) is 136 Å². The van der Waals surface area contributed by atoms with E-state index in [1.54, 1.807) is 24.3 Å². The smallest absolute Gasteiger partial charge is 0.343 e. The molecule has 3 aromatic carbocycles. The summed E-state index contributed by atoms with van der Waals surface area (Å²) in [5, 5.41) is 12.2. The number of ether oxygens (including phenoxy) is 6. The van der Waals surface area contributed by atoms with Crippen molar-refractivity contribution in [3.8, 4) is 23.0 Å². The molecule has 0 saturated heterocycles. The maximum absolute atomic E-state index is 13.5. The summed E-state index contributed by atoms with van der Waals surface area (Å²) in [6.45, 7) is -0.379. The van der Waals surface area contributed by atoms with Gasteiger partial charge < -0.3 is 33.5 Å². The molecule has 40 heavy (non-hydrogen) atoms. The highest BCUT2D eigenvalue weighted by atomic mass is 32.1. The van der Waals surface area contributed by atoms with E-state index in [1.165, 1.54) is 26.4 Å². The number of fused-ring (bicyclic) bond motifs is 2. The van der Waals surface area contributed by atoms with Gasteiger partial charge in [-0.1, -0.05) is 12.1 Å². The van der Waals surface area contributed by atoms with E-state index in [2.05, 4.69) is 8.75 Å². The van der Waals surface area contributed by atoms with E-state index in [0.29, 0.717) is 28.3 Å². The van der Waals surface area contributed by atoms with E-state index in [-0.39, 0.29) is 35.7 Å². The Morgan fingerprint density at radius 1 is 1.02 bits per heavy atom. The van der Waals surface area contributed by atoms with E-state index >= 15 is 0 Å². The SMILES string of the molecule is COC(=O)COc1cc(OC)ccc1C1(O)OC(=O)C(c2ccc3c(c2)OCO3)=C1Cc1ccc2nsnc2c1. The van der Waals surface area contributed by atoms with Crippen molar-refractivity contribution in [2.45, 2.75) is 12.2 Å². The fourth-order valence-corrected chi connectivity index (χ4v) is 5.19. The Bertz CT molecular complexity index is 1680.